The first-order valence-corrected chi connectivity index (χ1v) is 8.80. The highest BCUT2D eigenvalue weighted by Crippen LogP contribution is 2.22. The van der Waals surface area contributed by atoms with Gasteiger partial charge in [-0.15, -0.1) is 10.2 Å². The van der Waals surface area contributed by atoms with E-state index in [2.05, 4.69) is 30.0 Å². The second-order valence-electron chi connectivity index (χ2n) is 6.46. The van der Waals surface area contributed by atoms with Gasteiger partial charge in [-0.05, 0) is 42.7 Å². The van der Waals surface area contributed by atoms with Gasteiger partial charge in [-0.2, -0.15) is 0 Å². The maximum atomic E-state index is 12.3. The largest absolute Gasteiger partial charge is 0.353 e. The molecule has 0 saturated carbocycles. The number of nitrogens with zero attached hydrogens (tertiary/aromatic N) is 5. The molecule has 4 rings (SSSR count). The smallest absolute Gasteiger partial charge is 0.224 e. The van der Waals surface area contributed by atoms with Crippen LogP contribution in [0.4, 0.5) is 0 Å². The SMILES string of the molecule is O=C(Cc1ccncc1)NC1CCc2nnc(-c3cccnc3)n2CC1. The van der Waals surface area contributed by atoms with Crippen LogP contribution in [0, 0.1) is 0 Å². The number of nitrogens with one attached hydrogen (secondary N) is 1. The van der Waals surface area contributed by atoms with Crippen LogP contribution in [0.1, 0.15) is 24.2 Å². The molecule has 4 heterocycles. The van der Waals surface area contributed by atoms with E-state index in [-0.39, 0.29) is 11.9 Å². The summed E-state index contributed by atoms with van der Waals surface area (Å²) in [5.74, 6) is 1.86. The summed E-state index contributed by atoms with van der Waals surface area (Å²) in [5.41, 5.74) is 1.94. The maximum absolute atomic E-state index is 12.3. The summed E-state index contributed by atoms with van der Waals surface area (Å²) in [5, 5.41) is 11.8. The molecule has 1 amide bonds. The lowest BCUT2D eigenvalue weighted by atomic mass is 10.1. The Bertz CT molecular complexity index is 878. The van der Waals surface area contributed by atoms with Gasteiger partial charge in [0.05, 0.1) is 6.42 Å². The van der Waals surface area contributed by atoms with Crippen LogP contribution in [0.3, 0.4) is 0 Å². The predicted molar refractivity (Wildman–Crippen MR) is 96.1 cm³/mol. The minimum Gasteiger partial charge on any atom is -0.353 e. The number of aryl methyl sites for hydroxylation is 1. The predicted octanol–water partition coefficient (Wildman–Crippen LogP) is 1.80. The van der Waals surface area contributed by atoms with E-state index < -0.39 is 0 Å². The quantitative estimate of drug-likeness (QED) is 0.777. The van der Waals surface area contributed by atoms with Crippen molar-refractivity contribution in [1.82, 2.24) is 30.0 Å². The Labute approximate surface area is 151 Å². The van der Waals surface area contributed by atoms with Crippen molar-refractivity contribution in [2.45, 2.75) is 38.3 Å². The number of hydrogen-bond donors (Lipinski definition) is 1. The Morgan fingerprint density at radius 1 is 1.12 bits per heavy atom. The molecule has 26 heavy (non-hydrogen) atoms. The number of fused-ring (bicyclic) bond motifs is 1. The summed E-state index contributed by atoms with van der Waals surface area (Å²) in [6.07, 6.45) is 9.88. The summed E-state index contributed by atoms with van der Waals surface area (Å²) >= 11 is 0. The third kappa shape index (κ3) is 3.61. The highest BCUT2D eigenvalue weighted by Gasteiger charge is 2.22. The van der Waals surface area contributed by atoms with Gasteiger partial charge < -0.3 is 9.88 Å². The second kappa shape index (κ2) is 7.43. The lowest BCUT2D eigenvalue weighted by Gasteiger charge is -2.16. The fourth-order valence-electron chi connectivity index (χ4n) is 3.31. The fraction of sp³-hybridized carbons (Fsp3) is 0.316. The zero-order chi connectivity index (χ0) is 17.8. The molecule has 0 aliphatic carbocycles. The van der Waals surface area contributed by atoms with E-state index in [4.69, 9.17) is 0 Å². The molecule has 0 bridgehead atoms. The van der Waals surface area contributed by atoms with E-state index in [0.29, 0.717) is 6.42 Å². The molecule has 7 heteroatoms. The number of hydrogen-bond acceptors (Lipinski definition) is 5. The van der Waals surface area contributed by atoms with Gasteiger partial charge in [0.2, 0.25) is 5.91 Å². The van der Waals surface area contributed by atoms with Crippen molar-refractivity contribution in [3.63, 3.8) is 0 Å². The molecule has 7 nitrogen and oxygen atoms in total. The summed E-state index contributed by atoms with van der Waals surface area (Å²) in [6.45, 7) is 0.784. The number of rotatable bonds is 4. The summed E-state index contributed by atoms with van der Waals surface area (Å²) in [7, 11) is 0. The van der Waals surface area contributed by atoms with Crippen LogP contribution in [-0.2, 0) is 24.2 Å². The monoisotopic (exact) mass is 348 g/mol. The lowest BCUT2D eigenvalue weighted by molar-refractivity contribution is -0.121. The molecule has 1 aliphatic heterocycles. The first-order valence-electron chi connectivity index (χ1n) is 8.80. The minimum atomic E-state index is 0.0475. The fourth-order valence-corrected chi connectivity index (χ4v) is 3.31. The Kier molecular flexibility index (Phi) is 4.68. The Morgan fingerprint density at radius 3 is 2.81 bits per heavy atom. The van der Waals surface area contributed by atoms with Gasteiger partial charge in [0, 0.05) is 49.4 Å². The third-order valence-corrected chi connectivity index (χ3v) is 4.64. The second-order valence-corrected chi connectivity index (χ2v) is 6.46. The Hall–Kier alpha value is -3.09. The van der Waals surface area contributed by atoms with Gasteiger partial charge >= 0.3 is 0 Å². The molecule has 0 spiro atoms. The molecule has 1 aliphatic rings. The van der Waals surface area contributed by atoms with E-state index in [1.54, 1.807) is 24.8 Å². The van der Waals surface area contributed by atoms with Crippen LogP contribution in [-0.4, -0.2) is 36.7 Å². The molecular weight excluding hydrogens is 328 g/mol. The van der Waals surface area contributed by atoms with Gasteiger partial charge in [-0.1, -0.05) is 0 Å². The number of pyridine rings is 2. The number of amides is 1. The Balaban J connectivity index is 1.41. The number of carbonyl (C=O) groups is 1. The number of carbonyl (C=O) groups excluding carboxylic acids is 1. The third-order valence-electron chi connectivity index (χ3n) is 4.64. The zero-order valence-electron chi connectivity index (χ0n) is 14.4. The molecule has 1 unspecified atom stereocenters. The van der Waals surface area contributed by atoms with Crippen LogP contribution >= 0.6 is 0 Å². The van der Waals surface area contributed by atoms with Crippen molar-refractivity contribution in [1.29, 1.82) is 0 Å². The van der Waals surface area contributed by atoms with Crippen molar-refractivity contribution in [3.8, 4) is 11.4 Å². The van der Waals surface area contributed by atoms with Gasteiger partial charge in [0.15, 0.2) is 5.82 Å². The average molecular weight is 348 g/mol. The van der Waals surface area contributed by atoms with Crippen molar-refractivity contribution >= 4 is 5.91 Å². The molecule has 3 aromatic heterocycles. The van der Waals surface area contributed by atoms with Gasteiger partial charge in [-0.3, -0.25) is 14.8 Å². The van der Waals surface area contributed by atoms with Crippen LogP contribution < -0.4 is 5.32 Å². The molecule has 0 radical (unpaired) electrons. The Morgan fingerprint density at radius 2 is 2.00 bits per heavy atom. The normalized spacial score (nSPS) is 16.5. The molecule has 0 aromatic carbocycles. The van der Waals surface area contributed by atoms with Gasteiger partial charge in [0.25, 0.3) is 0 Å². The maximum Gasteiger partial charge on any atom is 0.224 e. The van der Waals surface area contributed by atoms with E-state index in [9.17, 15) is 4.79 Å². The average Bonchev–Trinajstić information content (AvgIpc) is 2.98. The van der Waals surface area contributed by atoms with Crippen molar-refractivity contribution < 1.29 is 4.79 Å². The van der Waals surface area contributed by atoms with Gasteiger partial charge in [0.1, 0.15) is 5.82 Å². The highest BCUT2D eigenvalue weighted by molar-refractivity contribution is 5.78. The van der Waals surface area contributed by atoms with E-state index in [1.807, 2.05) is 24.3 Å². The van der Waals surface area contributed by atoms with Crippen molar-refractivity contribution in [2.24, 2.45) is 0 Å². The van der Waals surface area contributed by atoms with Crippen LogP contribution in [0.2, 0.25) is 0 Å². The standard InChI is InChI=1S/C19H20N6O/c26-18(12-14-5-9-20-10-6-14)22-16-3-4-17-23-24-19(25(17)11-7-16)15-2-1-8-21-13-15/h1-2,5-6,8-10,13,16H,3-4,7,11-12H2,(H,22,26). The van der Waals surface area contributed by atoms with Crippen LogP contribution in [0.5, 0.6) is 0 Å². The van der Waals surface area contributed by atoms with E-state index in [0.717, 1.165) is 48.6 Å². The molecular formula is C19H20N6O. The van der Waals surface area contributed by atoms with E-state index in [1.165, 1.54) is 0 Å². The summed E-state index contributed by atoms with van der Waals surface area (Å²) in [4.78, 5) is 20.5. The molecule has 1 N–H and O–H groups in total. The lowest BCUT2D eigenvalue weighted by Crippen LogP contribution is -2.36. The van der Waals surface area contributed by atoms with Crippen LogP contribution in [0.25, 0.3) is 11.4 Å². The minimum absolute atomic E-state index is 0.0475. The molecule has 1 atom stereocenters. The van der Waals surface area contributed by atoms with Crippen LogP contribution in [0.15, 0.2) is 49.1 Å². The first kappa shape index (κ1) is 16.4. The molecule has 0 fully saturated rings. The van der Waals surface area contributed by atoms with Crippen molar-refractivity contribution in [2.75, 3.05) is 0 Å². The molecule has 3 aromatic rings. The zero-order valence-corrected chi connectivity index (χ0v) is 14.4. The van der Waals surface area contributed by atoms with E-state index >= 15 is 0 Å². The summed E-state index contributed by atoms with van der Waals surface area (Å²) < 4.78 is 2.14. The van der Waals surface area contributed by atoms with Crippen molar-refractivity contribution in [3.05, 3.63) is 60.4 Å². The number of aromatic nitrogens is 5. The molecule has 132 valence electrons. The highest BCUT2D eigenvalue weighted by atomic mass is 16.1. The summed E-state index contributed by atoms with van der Waals surface area (Å²) in [6, 6.07) is 7.77. The first-order chi connectivity index (χ1) is 12.8. The van der Waals surface area contributed by atoms with Gasteiger partial charge in [-0.25, -0.2) is 0 Å². The molecule has 0 saturated heterocycles. The topological polar surface area (TPSA) is 85.6 Å².